The van der Waals surface area contributed by atoms with Crippen LogP contribution in [0.4, 0.5) is 0 Å². The Hall–Kier alpha value is -0.450. The minimum absolute atomic E-state index is 0.515. The molecule has 1 aromatic carbocycles. The highest BCUT2D eigenvalue weighted by Gasteiger charge is 2.23. The second-order valence-electron chi connectivity index (χ2n) is 5.42. The maximum atomic E-state index is 6.29. The number of hydrogen-bond donors (Lipinski definition) is 0. The first kappa shape index (κ1) is 15.4. The molecule has 0 saturated heterocycles. The van der Waals surface area contributed by atoms with Gasteiger partial charge in [0.25, 0.3) is 0 Å². The van der Waals surface area contributed by atoms with Gasteiger partial charge in [-0.05, 0) is 46.5 Å². The van der Waals surface area contributed by atoms with Crippen LogP contribution in [-0.4, -0.2) is 9.97 Å². The lowest BCUT2D eigenvalue weighted by Crippen LogP contribution is -2.05. The van der Waals surface area contributed by atoms with Crippen molar-refractivity contribution in [3.05, 3.63) is 55.4 Å². The van der Waals surface area contributed by atoms with E-state index in [2.05, 4.69) is 49.0 Å². The van der Waals surface area contributed by atoms with Crippen molar-refractivity contribution in [1.29, 1.82) is 0 Å². The molecule has 0 N–H and O–H groups in total. The van der Waals surface area contributed by atoms with E-state index in [0.29, 0.717) is 17.5 Å². The minimum Gasteiger partial charge on any atom is -0.236 e. The second-order valence-corrected chi connectivity index (χ2v) is 7.48. The predicted molar refractivity (Wildman–Crippen MR) is 92.9 cm³/mol. The van der Waals surface area contributed by atoms with Crippen molar-refractivity contribution < 1.29 is 0 Å². The number of benzene rings is 1. The summed E-state index contributed by atoms with van der Waals surface area (Å²) in [5.41, 5.74) is 2.26. The van der Waals surface area contributed by atoms with E-state index in [1.165, 1.54) is 31.2 Å². The normalized spacial score (nSPS) is 15.6. The molecule has 0 radical (unpaired) electrons. The van der Waals surface area contributed by atoms with Crippen LogP contribution < -0.4 is 0 Å². The van der Waals surface area contributed by atoms with E-state index >= 15 is 0 Å². The van der Waals surface area contributed by atoms with Gasteiger partial charge in [0, 0.05) is 16.8 Å². The summed E-state index contributed by atoms with van der Waals surface area (Å²) in [6, 6.07) is 8.22. The first-order chi connectivity index (χ1) is 10.1. The number of rotatable bonds is 3. The van der Waals surface area contributed by atoms with Gasteiger partial charge in [0.05, 0.1) is 10.2 Å². The molecule has 0 unspecified atom stereocenters. The molecule has 110 valence electrons. The van der Waals surface area contributed by atoms with Gasteiger partial charge in [-0.2, -0.15) is 0 Å². The van der Waals surface area contributed by atoms with Crippen LogP contribution in [0.25, 0.3) is 0 Å². The summed E-state index contributed by atoms with van der Waals surface area (Å²) in [7, 11) is 0. The van der Waals surface area contributed by atoms with Crippen molar-refractivity contribution in [3.8, 4) is 0 Å². The lowest BCUT2D eigenvalue weighted by molar-refractivity contribution is 0.681. The third-order valence-electron chi connectivity index (χ3n) is 3.88. The number of aromatic nitrogens is 2. The average Bonchev–Trinajstić information content (AvgIpc) is 2.96. The van der Waals surface area contributed by atoms with E-state index in [9.17, 15) is 0 Å². The predicted octanol–water partition coefficient (Wildman–Crippen LogP) is 5.90. The zero-order chi connectivity index (χ0) is 14.8. The molecule has 1 saturated carbocycles. The highest BCUT2D eigenvalue weighted by atomic mass is 79.9. The van der Waals surface area contributed by atoms with Gasteiger partial charge in [-0.15, -0.1) is 0 Å². The molecule has 1 heterocycles. The van der Waals surface area contributed by atoms with Crippen LogP contribution in [0, 0.1) is 0 Å². The van der Waals surface area contributed by atoms with Crippen molar-refractivity contribution in [3.63, 3.8) is 0 Å². The summed E-state index contributed by atoms with van der Waals surface area (Å²) < 4.78 is 1.94. The van der Waals surface area contributed by atoms with Gasteiger partial charge < -0.3 is 0 Å². The van der Waals surface area contributed by atoms with Crippen molar-refractivity contribution in [2.24, 2.45) is 0 Å². The van der Waals surface area contributed by atoms with Crippen LogP contribution >= 0.6 is 43.5 Å². The van der Waals surface area contributed by atoms with E-state index in [4.69, 9.17) is 16.6 Å². The summed E-state index contributed by atoms with van der Waals surface area (Å²) in [5, 5.41) is 0.525. The Balaban J connectivity index is 1.92. The van der Waals surface area contributed by atoms with Crippen molar-refractivity contribution >= 4 is 43.5 Å². The average molecular weight is 431 g/mol. The molecule has 0 bridgehead atoms. The Kier molecular flexibility index (Phi) is 4.97. The maximum absolute atomic E-state index is 6.29. The van der Waals surface area contributed by atoms with Crippen LogP contribution in [0.2, 0.25) is 5.15 Å². The molecule has 2 aromatic rings. The lowest BCUT2D eigenvalue weighted by Gasteiger charge is -2.13. The standard InChI is InChI=1S/C16H15Br2ClN2/c17-12-7-3-4-10(8-12)9-13-20-15(11-5-1-2-6-11)14(18)16(19)21-13/h3-4,7-8,11H,1-2,5-6,9H2. The van der Waals surface area contributed by atoms with Gasteiger partial charge >= 0.3 is 0 Å². The number of hydrogen-bond acceptors (Lipinski definition) is 2. The summed E-state index contributed by atoms with van der Waals surface area (Å²) in [4.78, 5) is 9.20. The fraction of sp³-hybridized carbons (Fsp3) is 0.375. The molecule has 0 atom stereocenters. The molecule has 0 amide bonds. The maximum Gasteiger partial charge on any atom is 0.147 e. The summed E-state index contributed by atoms with van der Waals surface area (Å²) in [6.07, 6.45) is 5.65. The topological polar surface area (TPSA) is 25.8 Å². The largest absolute Gasteiger partial charge is 0.236 e. The van der Waals surface area contributed by atoms with Gasteiger partial charge in [0.15, 0.2) is 0 Å². The van der Waals surface area contributed by atoms with Crippen LogP contribution in [0.5, 0.6) is 0 Å². The van der Waals surface area contributed by atoms with E-state index in [1.54, 1.807) is 0 Å². The Bertz CT molecular complexity index is 655. The van der Waals surface area contributed by atoms with Crippen molar-refractivity contribution in [2.75, 3.05) is 0 Å². The Labute approximate surface area is 146 Å². The van der Waals surface area contributed by atoms with Gasteiger partial charge in [-0.3, -0.25) is 0 Å². The van der Waals surface area contributed by atoms with E-state index < -0.39 is 0 Å². The van der Waals surface area contributed by atoms with Crippen LogP contribution in [-0.2, 0) is 6.42 Å². The Morgan fingerprint density at radius 1 is 1.14 bits per heavy atom. The first-order valence-electron chi connectivity index (χ1n) is 7.10. The SMILES string of the molecule is Clc1nc(Cc2cccc(Br)c2)nc(C2CCCC2)c1Br. The lowest BCUT2D eigenvalue weighted by atomic mass is 10.0. The zero-order valence-corrected chi connectivity index (χ0v) is 15.4. The molecular weight excluding hydrogens is 415 g/mol. The summed E-state index contributed by atoms with van der Waals surface area (Å²) >= 11 is 13.3. The fourth-order valence-corrected chi connectivity index (χ4v) is 4.00. The molecule has 0 aliphatic heterocycles. The second kappa shape index (κ2) is 6.76. The van der Waals surface area contributed by atoms with E-state index in [1.807, 2.05) is 12.1 Å². The number of nitrogens with zero attached hydrogens (tertiary/aromatic N) is 2. The van der Waals surface area contributed by atoms with Crippen LogP contribution in [0.3, 0.4) is 0 Å². The monoisotopic (exact) mass is 428 g/mol. The molecule has 1 aliphatic carbocycles. The third kappa shape index (κ3) is 3.66. The van der Waals surface area contributed by atoms with Crippen LogP contribution in [0.15, 0.2) is 33.2 Å². The number of halogens is 3. The highest BCUT2D eigenvalue weighted by molar-refractivity contribution is 9.10. The summed E-state index contributed by atoms with van der Waals surface area (Å²) in [6.45, 7) is 0. The molecule has 5 heteroatoms. The Morgan fingerprint density at radius 3 is 2.62 bits per heavy atom. The van der Waals surface area contributed by atoms with Crippen molar-refractivity contribution in [1.82, 2.24) is 9.97 Å². The fourth-order valence-electron chi connectivity index (χ4n) is 2.86. The van der Waals surface area contributed by atoms with Crippen molar-refractivity contribution in [2.45, 2.75) is 38.0 Å². The third-order valence-corrected chi connectivity index (χ3v) is 5.65. The zero-order valence-electron chi connectivity index (χ0n) is 11.5. The smallest absolute Gasteiger partial charge is 0.147 e. The molecule has 1 aromatic heterocycles. The molecule has 3 rings (SSSR count). The first-order valence-corrected chi connectivity index (χ1v) is 9.06. The molecule has 1 fully saturated rings. The van der Waals surface area contributed by atoms with Gasteiger partial charge in [0.2, 0.25) is 0 Å². The van der Waals surface area contributed by atoms with Crippen LogP contribution in [0.1, 0.15) is 48.7 Å². The summed E-state index contributed by atoms with van der Waals surface area (Å²) in [5.74, 6) is 1.31. The molecular formula is C16H15Br2ClN2. The minimum atomic E-state index is 0.515. The molecule has 0 spiro atoms. The van der Waals surface area contributed by atoms with E-state index in [0.717, 1.165) is 20.5 Å². The molecule has 2 nitrogen and oxygen atoms in total. The van der Waals surface area contributed by atoms with Gasteiger partial charge in [-0.1, -0.05) is 52.5 Å². The van der Waals surface area contributed by atoms with Gasteiger partial charge in [-0.25, -0.2) is 9.97 Å². The highest BCUT2D eigenvalue weighted by Crippen LogP contribution is 2.38. The molecule has 21 heavy (non-hydrogen) atoms. The molecule has 1 aliphatic rings. The quantitative estimate of drug-likeness (QED) is 0.566. The van der Waals surface area contributed by atoms with E-state index in [-0.39, 0.29) is 0 Å². The van der Waals surface area contributed by atoms with Gasteiger partial charge in [0.1, 0.15) is 11.0 Å². The Morgan fingerprint density at radius 2 is 1.90 bits per heavy atom.